The molecule has 0 saturated carbocycles. The SMILES string of the molecule is CO[C@](C)(C(=O)N1CCO[C@H](c2n[nH]c(C)n2)C1)c1ccccc1. The van der Waals surface area contributed by atoms with E-state index in [1.807, 2.05) is 37.3 Å². The standard InChI is InChI=1S/C17H22N4O3/c1-12-18-15(20-19-12)14-11-21(9-10-24-14)16(22)17(2,23-3)13-7-5-4-6-8-13/h4-8,14H,9-11H2,1-3H3,(H,18,19,20)/t14-,17-/m0/s1. The number of H-pyrrole nitrogens is 1. The Labute approximate surface area is 141 Å². The number of ether oxygens (including phenoxy) is 2. The lowest BCUT2D eigenvalue weighted by Gasteiger charge is -2.37. The molecule has 3 rings (SSSR count). The number of carbonyl (C=O) groups excluding carboxylic acids is 1. The molecule has 1 amide bonds. The maximum Gasteiger partial charge on any atom is 0.259 e. The van der Waals surface area contributed by atoms with E-state index < -0.39 is 5.60 Å². The molecule has 128 valence electrons. The lowest BCUT2D eigenvalue weighted by atomic mass is 9.93. The Kier molecular flexibility index (Phi) is 4.64. The van der Waals surface area contributed by atoms with Crippen LogP contribution in [0.3, 0.4) is 0 Å². The highest BCUT2D eigenvalue weighted by molar-refractivity contribution is 5.86. The summed E-state index contributed by atoms with van der Waals surface area (Å²) in [6.07, 6.45) is -0.329. The lowest BCUT2D eigenvalue weighted by Crippen LogP contribution is -2.51. The van der Waals surface area contributed by atoms with Crippen molar-refractivity contribution in [1.29, 1.82) is 0 Å². The van der Waals surface area contributed by atoms with Crippen LogP contribution < -0.4 is 0 Å². The molecule has 0 spiro atoms. The second-order valence-electron chi connectivity index (χ2n) is 5.99. The predicted octanol–water partition coefficient (Wildman–Crippen LogP) is 1.57. The van der Waals surface area contributed by atoms with E-state index in [1.54, 1.807) is 18.9 Å². The maximum atomic E-state index is 13.1. The summed E-state index contributed by atoms with van der Waals surface area (Å²) < 4.78 is 11.3. The summed E-state index contributed by atoms with van der Waals surface area (Å²) in [4.78, 5) is 19.2. The van der Waals surface area contributed by atoms with Gasteiger partial charge in [0.15, 0.2) is 11.4 Å². The molecule has 2 heterocycles. The third kappa shape index (κ3) is 3.05. The second-order valence-corrected chi connectivity index (χ2v) is 5.99. The number of hydrogen-bond donors (Lipinski definition) is 1. The number of aromatic nitrogens is 3. The lowest BCUT2D eigenvalue weighted by molar-refractivity contribution is -0.162. The minimum absolute atomic E-state index is 0.0863. The predicted molar refractivity (Wildman–Crippen MR) is 87.2 cm³/mol. The molecule has 1 N–H and O–H groups in total. The molecule has 7 nitrogen and oxygen atoms in total. The molecule has 1 fully saturated rings. The van der Waals surface area contributed by atoms with Crippen molar-refractivity contribution in [3.8, 4) is 0 Å². The number of aromatic amines is 1. The summed E-state index contributed by atoms with van der Waals surface area (Å²) >= 11 is 0. The topological polar surface area (TPSA) is 80.3 Å². The summed E-state index contributed by atoms with van der Waals surface area (Å²) in [6.45, 7) is 5.00. The molecule has 24 heavy (non-hydrogen) atoms. The zero-order valence-corrected chi connectivity index (χ0v) is 14.2. The summed E-state index contributed by atoms with van der Waals surface area (Å²) in [5.74, 6) is 1.21. The molecule has 0 radical (unpaired) electrons. The van der Waals surface area contributed by atoms with E-state index in [1.165, 1.54) is 0 Å². The van der Waals surface area contributed by atoms with Crippen molar-refractivity contribution in [3.05, 3.63) is 47.5 Å². The van der Waals surface area contributed by atoms with Crippen molar-refractivity contribution in [3.63, 3.8) is 0 Å². The van der Waals surface area contributed by atoms with E-state index in [-0.39, 0.29) is 12.0 Å². The van der Waals surface area contributed by atoms with Gasteiger partial charge in [-0.05, 0) is 19.4 Å². The molecule has 1 aliphatic rings. The molecule has 1 aliphatic heterocycles. The molecule has 1 aromatic carbocycles. The van der Waals surface area contributed by atoms with Crippen LogP contribution in [-0.2, 0) is 19.9 Å². The minimum Gasteiger partial charge on any atom is -0.366 e. The first-order valence-corrected chi connectivity index (χ1v) is 7.95. The fourth-order valence-corrected chi connectivity index (χ4v) is 2.88. The minimum atomic E-state index is -1.03. The first-order valence-electron chi connectivity index (χ1n) is 7.95. The van der Waals surface area contributed by atoms with Gasteiger partial charge in [0.1, 0.15) is 11.9 Å². The van der Waals surface area contributed by atoms with Crippen LogP contribution in [0.5, 0.6) is 0 Å². The van der Waals surface area contributed by atoms with E-state index in [0.717, 1.165) is 11.4 Å². The van der Waals surface area contributed by atoms with Gasteiger partial charge in [0.2, 0.25) is 0 Å². The fourth-order valence-electron chi connectivity index (χ4n) is 2.88. The molecular weight excluding hydrogens is 308 g/mol. The molecule has 2 aromatic rings. The van der Waals surface area contributed by atoms with Crippen molar-refractivity contribution in [2.24, 2.45) is 0 Å². The smallest absolute Gasteiger partial charge is 0.259 e. The summed E-state index contributed by atoms with van der Waals surface area (Å²) in [7, 11) is 1.56. The Balaban J connectivity index is 1.80. The van der Waals surface area contributed by atoms with E-state index >= 15 is 0 Å². The molecule has 1 saturated heterocycles. The number of hydrogen-bond acceptors (Lipinski definition) is 5. The molecule has 2 atom stereocenters. The van der Waals surface area contributed by atoms with E-state index in [9.17, 15) is 4.79 Å². The molecule has 0 bridgehead atoms. The van der Waals surface area contributed by atoms with Crippen molar-refractivity contribution in [1.82, 2.24) is 20.1 Å². The molecule has 0 unspecified atom stereocenters. The molecular formula is C17H22N4O3. The quantitative estimate of drug-likeness (QED) is 0.920. The highest BCUT2D eigenvalue weighted by Gasteiger charge is 2.40. The second kappa shape index (κ2) is 6.70. The Hall–Kier alpha value is -2.25. The van der Waals surface area contributed by atoms with Crippen LogP contribution in [0, 0.1) is 6.92 Å². The Morgan fingerprint density at radius 1 is 1.42 bits per heavy atom. The average Bonchev–Trinajstić information content (AvgIpc) is 3.07. The number of nitrogens with one attached hydrogen (secondary N) is 1. The van der Waals surface area contributed by atoms with Gasteiger partial charge in [0.05, 0.1) is 13.2 Å². The number of nitrogens with zero attached hydrogens (tertiary/aromatic N) is 3. The van der Waals surface area contributed by atoms with Gasteiger partial charge in [-0.15, -0.1) is 0 Å². The van der Waals surface area contributed by atoms with Gasteiger partial charge in [-0.25, -0.2) is 4.98 Å². The Bertz CT molecular complexity index is 703. The summed E-state index contributed by atoms with van der Waals surface area (Å²) in [5, 5.41) is 6.95. The van der Waals surface area contributed by atoms with E-state index in [2.05, 4.69) is 15.2 Å². The van der Waals surface area contributed by atoms with Crippen LogP contribution in [0.4, 0.5) is 0 Å². The van der Waals surface area contributed by atoms with Gasteiger partial charge in [-0.1, -0.05) is 30.3 Å². The third-order valence-corrected chi connectivity index (χ3v) is 4.40. The Morgan fingerprint density at radius 2 is 2.17 bits per heavy atom. The Morgan fingerprint density at radius 3 is 2.79 bits per heavy atom. The number of amides is 1. The molecule has 0 aliphatic carbocycles. The van der Waals surface area contributed by atoms with Gasteiger partial charge in [-0.3, -0.25) is 9.89 Å². The average molecular weight is 330 g/mol. The van der Waals surface area contributed by atoms with Crippen LogP contribution in [0.1, 0.15) is 30.2 Å². The first kappa shape index (κ1) is 16.6. The van der Waals surface area contributed by atoms with Gasteiger partial charge in [0, 0.05) is 13.7 Å². The maximum absolute atomic E-state index is 13.1. The van der Waals surface area contributed by atoms with Gasteiger partial charge >= 0.3 is 0 Å². The normalized spacial score (nSPS) is 20.6. The highest BCUT2D eigenvalue weighted by atomic mass is 16.5. The zero-order valence-electron chi connectivity index (χ0n) is 14.2. The number of carbonyl (C=O) groups is 1. The summed E-state index contributed by atoms with van der Waals surface area (Å²) in [5.41, 5.74) is -0.202. The van der Waals surface area contributed by atoms with Crippen LogP contribution in [-0.4, -0.2) is 52.8 Å². The van der Waals surface area contributed by atoms with Crippen LogP contribution in [0.25, 0.3) is 0 Å². The number of aryl methyl sites for hydroxylation is 1. The highest BCUT2D eigenvalue weighted by Crippen LogP contribution is 2.29. The molecule has 1 aromatic heterocycles. The first-order chi connectivity index (χ1) is 11.5. The van der Waals surface area contributed by atoms with Crippen molar-refractivity contribution in [2.75, 3.05) is 26.8 Å². The van der Waals surface area contributed by atoms with Gasteiger partial charge in [0.25, 0.3) is 5.91 Å². The number of morpholine rings is 1. The van der Waals surface area contributed by atoms with E-state index in [0.29, 0.717) is 25.5 Å². The number of benzene rings is 1. The van der Waals surface area contributed by atoms with Crippen molar-refractivity contribution in [2.45, 2.75) is 25.6 Å². The number of methoxy groups -OCH3 is 1. The van der Waals surface area contributed by atoms with Crippen molar-refractivity contribution >= 4 is 5.91 Å². The third-order valence-electron chi connectivity index (χ3n) is 4.40. The van der Waals surface area contributed by atoms with Crippen LogP contribution >= 0.6 is 0 Å². The van der Waals surface area contributed by atoms with E-state index in [4.69, 9.17) is 9.47 Å². The fraction of sp³-hybridized carbons (Fsp3) is 0.471. The summed E-state index contributed by atoms with van der Waals surface area (Å²) in [6, 6.07) is 9.52. The zero-order chi connectivity index (χ0) is 17.2. The van der Waals surface area contributed by atoms with Gasteiger partial charge < -0.3 is 14.4 Å². The monoisotopic (exact) mass is 330 g/mol. The van der Waals surface area contributed by atoms with Crippen LogP contribution in [0.2, 0.25) is 0 Å². The van der Waals surface area contributed by atoms with Gasteiger partial charge in [-0.2, -0.15) is 5.10 Å². The molecule has 7 heteroatoms. The number of rotatable bonds is 4. The van der Waals surface area contributed by atoms with Crippen LogP contribution in [0.15, 0.2) is 30.3 Å². The van der Waals surface area contributed by atoms with Crippen molar-refractivity contribution < 1.29 is 14.3 Å². The largest absolute Gasteiger partial charge is 0.366 e.